The molecule has 2 atom stereocenters. The highest BCUT2D eigenvalue weighted by molar-refractivity contribution is 7.99. The Hall–Kier alpha value is -1.00. The lowest BCUT2D eigenvalue weighted by atomic mass is 9.97. The number of amides is 1. The van der Waals surface area contributed by atoms with Crippen molar-refractivity contribution in [1.82, 2.24) is 4.90 Å². The molecule has 1 aliphatic rings. The standard InChI is InChI=1S/C15H21NO2S/c1-12-9-16(8-7-14(12)17)15(18)11-19-10-13-5-3-2-4-6-13/h2-6,12,14,17H,7-11H2,1H3. The van der Waals surface area contributed by atoms with Gasteiger partial charge in [0.1, 0.15) is 0 Å². The van der Waals surface area contributed by atoms with Gasteiger partial charge in [0.2, 0.25) is 5.91 Å². The van der Waals surface area contributed by atoms with Crippen molar-refractivity contribution in [3.63, 3.8) is 0 Å². The van der Waals surface area contributed by atoms with E-state index >= 15 is 0 Å². The fourth-order valence-corrected chi connectivity index (χ4v) is 3.17. The Morgan fingerprint density at radius 3 is 2.84 bits per heavy atom. The number of aliphatic hydroxyl groups is 1. The topological polar surface area (TPSA) is 40.5 Å². The quantitative estimate of drug-likeness (QED) is 0.918. The zero-order valence-corrected chi connectivity index (χ0v) is 12.1. The molecule has 2 rings (SSSR count). The highest BCUT2D eigenvalue weighted by Crippen LogP contribution is 2.18. The largest absolute Gasteiger partial charge is 0.393 e. The van der Waals surface area contributed by atoms with Gasteiger partial charge in [-0.3, -0.25) is 4.79 Å². The zero-order chi connectivity index (χ0) is 13.7. The van der Waals surface area contributed by atoms with Crippen LogP contribution in [-0.4, -0.2) is 40.9 Å². The van der Waals surface area contributed by atoms with Gasteiger partial charge in [-0.15, -0.1) is 11.8 Å². The third kappa shape index (κ3) is 4.25. The van der Waals surface area contributed by atoms with E-state index in [1.165, 1.54) is 5.56 Å². The van der Waals surface area contributed by atoms with E-state index in [1.54, 1.807) is 11.8 Å². The second-order valence-electron chi connectivity index (χ2n) is 5.15. The Bertz CT molecular complexity index is 410. The van der Waals surface area contributed by atoms with Crippen LogP contribution in [0.5, 0.6) is 0 Å². The van der Waals surface area contributed by atoms with Crippen molar-refractivity contribution in [3.05, 3.63) is 35.9 Å². The normalized spacial score (nSPS) is 23.4. The van der Waals surface area contributed by atoms with Crippen LogP contribution in [0, 0.1) is 5.92 Å². The zero-order valence-electron chi connectivity index (χ0n) is 11.3. The van der Waals surface area contributed by atoms with Gasteiger partial charge in [-0.05, 0) is 17.9 Å². The summed E-state index contributed by atoms with van der Waals surface area (Å²) in [5.74, 6) is 1.78. The first-order valence-electron chi connectivity index (χ1n) is 6.74. The van der Waals surface area contributed by atoms with Crippen LogP contribution in [0.4, 0.5) is 0 Å². The van der Waals surface area contributed by atoms with Crippen molar-refractivity contribution in [2.45, 2.75) is 25.2 Å². The molecule has 1 aliphatic heterocycles. The van der Waals surface area contributed by atoms with E-state index in [9.17, 15) is 9.90 Å². The summed E-state index contributed by atoms with van der Waals surface area (Å²) in [6, 6.07) is 10.2. The van der Waals surface area contributed by atoms with Gasteiger partial charge in [0.15, 0.2) is 0 Å². The Morgan fingerprint density at radius 1 is 1.42 bits per heavy atom. The van der Waals surface area contributed by atoms with Crippen molar-refractivity contribution < 1.29 is 9.90 Å². The monoisotopic (exact) mass is 279 g/mol. The highest BCUT2D eigenvalue weighted by atomic mass is 32.2. The van der Waals surface area contributed by atoms with Gasteiger partial charge in [0, 0.05) is 18.8 Å². The van der Waals surface area contributed by atoms with Crippen LogP contribution in [0.25, 0.3) is 0 Å². The first kappa shape index (κ1) is 14.4. The smallest absolute Gasteiger partial charge is 0.232 e. The third-order valence-electron chi connectivity index (χ3n) is 3.55. The first-order valence-corrected chi connectivity index (χ1v) is 7.90. The Balaban J connectivity index is 1.73. The van der Waals surface area contributed by atoms with Crippen LogP contribution < -0.4 is 0 Å². The Labute approximate surface area is 119 Å². The average Bonchev–Trinajstić information content (AvgIpc) is 2.43. The third-order valence-corrected chi connectivity index (χ3v) is 4.54. The van der Waals surface area contributed by atoms with Gasteiger partial charge in [-0.25, -0.2) is 0 Å². The summed E-state index contributed by atoms with van der Waals surface area (Å²) >= 11 is 1.66. The van der Waals surface area contributed by atoms with E-state index in [0.717, 1.165) is 5.75 Å². The summed E-state index contributed by atoms with van der Waals surface area (Å²) in [6.07, 6.45) is 0.456. The number of carbonyl (C=O) groups is 1. The molecule has 0 spiro atoms. The van der Waals surface area contributed by atoms with Crippen LogP contribution >= 0.6 is 11.8 Å². The minimum atomic E-state index is -0.249. The molecule has 1 N–H and O–H groups in total. The molecule has 1 amide bonds. The number of carbonyl (C=O) groups excluding carboxylic acids is 1. The number of piperidine rings is 1. The SMILES string of the molecule is CC1CN(C(=O)CSCc2ccccc2)CCC1O. The van der Waals surface area contributed by atoms with E-state index in [-0.39, 0.29) is 17.9 Å². The van der Waals surface area contributed by atoms with Gasteiger partial charge in [-0.2, -0.15) is 0 Å². The lowest BCUT2D eigenvalue weighted by molar-refractivity contribution is -0.131. The number of hydrogen-bond acceptors (Lipinski definition) is 3. The molecule has 1 aromatic rings. The van der Waals surface area contributed by atoms with Crippen molar-refractivity contribution >= 4 is 17.7 Å². The van der Waals surface area contributed by atoms with Crippen LogP contribution in [0.2, 0.25) is 0 Å². The molecular formula is C15H21NO2S. The van der Waals surface area contributed by atoms with Gasteiger partial charge >= 0.3 is 0 Å². The molecular weight excluding hydrogens is 258 g/mol. The molecule has 19 heavy (non-hydrogen) atoms. The van der Waals surface area contributed by atoms with E-state index in [1.807, 2.05) is 30.0 Å². The molecule has 4 heteroatoms. The molecule has 3 nitrogen and oxygen atoms in total. The molecule has 1 saturated heterocycles. The van der Waals surface area contributed by atoms with Gasteiger partial charge < -0.3 is 10.0 Å². The average molecular weight is 279 g/mol. The first-order chi connectivity index (χ1) is 9.16. The number of hydrogen-bond donors (Lipinski definition) is 1. The summed E-state index contributed by atoms with van der Waals surface area (Å²) in [6.45, 7) is 3.38. The molecule has 2 unspecified atom stereocenters. The van der Waals surface area contributed by atoms with Crippen molar-refractivity contribution in [1.29, 1.82) is 0 Å². The predicted octanol–water partition coefficient (Wildman–Crippen LogP) is 2.15. The number of likely N-dealkylation sites (tertiary alicyclic amines) is 1. The number of aliphatic hydroxyl groups excluding tert-OH is 1. The molecule has 1 heterocycles. The van der Waals surface area contributed by atoms with Crippen LogP contribution in [0.3, 0.4) is 0 Å². The maximum atomic E-state index is 12.1. The molecule has 104 valence electrons. The van der Waals surface area contributed by atoms with Crippen LogP contribution in [0.15, 0.2) is 30.3 Å². The molecule has 0 bridgehead atoms. The second-order valence-corrected chi connectivity index (χ2v) is 6.14. The number of nitrogens with zero attached hydrogens (tertiary/aromatic N) is 1. The van der Waals surface area contributed by atoms with Crippen molar-refractivity contribution in [2.24, 2.45) is 5.92 Å². The Kier molecular flexibility index (Phi) is 5.28. The summed E-state index contributed by atoms with van der Waals surface area (Å²) in [5, 5.41) is 9.66. The van der Waals surface area contributed by atoms with E-state index in [2.05, 4.69) is 12.1 Å². The molecule has 0 radical (unpaired) electrons. The summed E-state index contributed by atoms with van der Waals surface area (Å²) in [7, 11) is 0. The van der Waals surface area contributed by atoms with Crippen molar-refractivity contribution in [2.75, 3.05) is 18.8 Å². The van der Waals surface area contributed by atoms with E-state index in [4.69, 9.17) is 0 Å². The fraction of sp³-hybridized carbons (Fsp3) is 0.533. The molecule has 1 aromatic carbocycles. The van der Waals surface area contributed by atoms with Crippen molar-refractivity contribution in [3.8, 4) is 0 Å². The Morgan fingerprint density at radius 2 is 2.16 bits per heavy atom. The summed E-state index contributed by atoms with van der Waals surface area (Å²) < 4.78 is 0. The van der Waals surface area contributed by atoms with Gasteiger partial charge in [-0.1, -0.05) is 37.3 Å². The number of rotatable bonds is 4. The highest BCUT2D eigenvalue weighted by Gasteiger charge is 2.26. The van der Waals surface area contributed by atoms with E-state index in [0.29, 0.717) is 25.3 Å². The second kappa shape index (κ2) is 6.96. The predicted molar refractivity (Wildman–Crippen MR) is 79.0 cm³/mol. The van der Waals surface area contributed by atoms with Crippen LogP contribution in [-0.2, 0) is 10.5 Å². The lowest BCUT2D eigenvalue weighted by Crippen LogP contribution is -2.45. The summed E-state index contributed by atoms with van der Waals surface area (Å²) in [4.78, 5) is 13.9. The van der Waals surface area contributed by atoms with Gasteiger partial charge in [0.25, 0.3) is 0 Å². The fourth-order valence-electron chi connectivity index (χ4n) is 2.28. The minimum Gasteiger partial charge on any atom is -0.393 e. The molecule has 1 fully saturated rings. The summed E-state index contributed by atoms with van der Waals surface area (Å²) in [5.41, 5.74) is 1.25. The maximum absolute atomic E-state index is 12.1. The van der Waals surface area contributed by atoms with Gasteiger partial charge in [0.05, 0.1) is 11.9 Å². The van der Waals surface area contributed by atoms with E-state index < -0.39 is 0 Å². The molecule has 0 aromatic heterocycles. The molecule has 0 aliphatic carbocycles. The maximum Gasteiger partial charge on any atom is 0.232 e. The lowest BCUT2D eigenvalue weighted by Gasteiger charge is -2.34. The molecule has 0 saturated carbocycles. The van der Waals surface area contributed by atoms with Crippen LogP contribution in [0.1, 0.15) is 18.9 Å². The number of benzene rings is 1. The minimum absolute atomic E-state index is 0.192. The number of thioether (sulfide) groups is 1.